The Morgan fingerprint density at radius 1 is 1.09 bits per heavy atom. The highest BCUT2D eigenvalue weighted by Gasteiger charge is 2.36. The van der Waals surface area contributed by atoms with Crippen LogP contribution in [0.1, 0.15) is 48.9 Å². The van der Waals surface area contributed by atoms with Gasteiger partial charge in [0.2, 0.25) is 0 Å². The van der Waals surface area contributed by atoms with Crippen molar-refractivity contribution in [1.82, 2.24) is 4.98 Å². The smallest absolute Gasteiger partial charge is 0.308 e. The van der Waals surface area contributed by atoms with Crippen LogP contribution >= 0.6 is 0 Å². The summed E-state index contributed by atoms with van der Waals surface area (Å²) >= 11 is 0. The molecule has 0 bridgehead atoms. The van der Waals surface area contributed by atoms with E-state index in [1.807, 2.05) is 37.3 Å². The van der Waals surface area contributed by atoms with Crippen molar-refractivity contribution < 1.29 is 19.1 Å². The fourth-order valence-corrected chi connectivity index (χ4v) is 4.82. The first-order valence-corrected chi connectivity index (χ1v) is 10.8. The van der Waals surface area contributed by atoms with Crippen LogP contribution in [0.25, 0.3) is 10.9 Å². The molecule has 0 radical (unpaired) electrons. The molecule has 0 saturated heterocycles. The van der Waals surface area contributed by atoms with Crippen molar-refractivity contribution in [3.63, 3.8) is 0 Å². The van der Waals surface area contributed by atoms with Crippen LogP contribution in [0.15, 0.2) is 53.7 Å². The van der Waals surface area contributed by atoms with Gasteiger partial charge in [-0.3, -0.25) is 14.6 Å². The highest BCUT2D eigenvalue weighted by atomic mass is 16.6. The third-order valence-corrected chi connectivity index (χ3v) is 6.15. The number of pyridine rings is 1. The molecule has 0 spiro atoms. The summed E-state index contributed by atoms with van der Waals surface area (Å²) in [6.07, 6.45) is 2.22. The maximum Gasteiger partial charge on any atom is 0.308 e. The predicted molar refractivity (Wildman–Crippen MR) is 122 cm³/mol. The first-order chi connectivity index (χ1) is 15.5. The van der Waals surface area contributed by atoms with Crippen LogP contribution < -0.4 is 14.8 Å². The highest BCUT2D eigenvalue weighted by Crippen LogP contribution is 2.48. The average Bonchev–Trinajstić information content (AvgIpc) is 2.77. The summed E-state index contributed by atoms with van der Waals surface area (Å²) in [5.74, 6) is 0.301. The van der Waals surface area contributed by atoms with Crippen molar-refractivity contribution in [2.24, 2.45) is 0 Å². The van der Waals surface area contributed by atoms with Crippen molar-refractivity contribution in [3.8, 4) is 11.5 Å². The monoisotopic (exact) mass is 428 g/mol. The van der Waals surface area contributed by atoms with Crippen LogP contribution in [0, 0.1) is 6.92 Å². The van der Waals surface area contributed by atoms with Crippen LogP contribution in [0.3, 0.4) is 0 Å². The summed E-state index contributed by atoms with van der Waals surface area (Å²) in [7, 11) is 1.54. The fraction of sp³-hybridized carbons (Fsp3) is 0.269. The second-order valence-electron chi connectivity index (χ2n) is 8.28. The molecule has 0 fully saturated rings. The molecule has 1 N–H and O–H groups in total. The number of nitrogens with zero attached hydrogens (tertiary/aromatic N) is 1. The third-order valence-electron chi connectivity index (χ3n) is 6.15. The summed E-state index contributed by atoms with van der Waals surface area (Å²) in [4.78, 5) is 29.4. The Hall–Kier alpha value is -3.67. The molecule has 1 aliphatic heterocycles. The van der Waals surface area contributed by atoms with Gasteiger partial charge in [-0.05, 0) is 61.2 Å². The van der Waals surface area contributed by atoms with Gasteiger partial charge >= 0.3 is 5.97 Å². The van der Waals surface area contributed by atoms with Gasteiger partial charge < -0.3 is 14.8 Å². The van der Waals surface area contributed by atoms with Gasteiger partial charge in [0.25, 0.3) is 0 Å². The molecular weight excluding hydrogens is 404 g/mol. The van der Waals surface area contributed by atoms with E-state index < -0.39 is 5.97 Å². The molecule has 0 unspecified atom stereocenters. The zero-order valence-corrected chi connectivity index (χ0v) is 18.3. The molecule has 2 heterocycles. The molecule has 3 aromatic rings. The summed E-state index contributed by atoms with van der Waals surface area (Å²) in [5.41, 5.74) is 6.57. The number of hydrogen-bond donors (Lipinski definition) is 1. The maximum absolute atomic E-state index is 13.2. The number of carbonyl (C=O) groups is 2. The quantitative estimate of drug-likeness (QED) is 0.465. The van der Waals surface area contributed by atoms with Crippen molar-refractivity contribution in [2.45, 2.75) is 39.0 Å². The molecule has 1 aliphatic carbocycles. The molecule has 162 valence electrons. The standard InChI is InChI=1S/C26H24N2O4/c1-14-7-9-17-18(27-14)10-11-20-25(17)24(26-19(28-20)5-4-6-21(26)30)16-8-12-22(32-15(2)29)23(13-16)31-3/h7-13,24,28H,4-6H2,1-3H3/t24-/m0/s1. The first-order valence-electron chi connectivity index (χ1n) is 10.8. The molecular formula is C26H24N2O4. The first kappa shape index (κ1) is 20.2. The number of carbonyl (C=O) groups excluding carboxylic acids is 2. The van der Waals surface area contributed by atoms with Gasteiger partial charge in [0, 0.05) is 47.3 Å². The number of ketones is 1. The SMILES string of the molecule is COc1cc([C@@H]2C3=C(CCCC3=O)Nc3ccc4nc(C)ccc4c32)ccc1OC(C)=O. The van der Waals surface area contributed by atoms with Gasteiger partial charge in [0.15, 0.2) is 17.3 Å². The van der Waals surface area contributed by atoms with Gasteiger partial charge in [-0.15, -0.1) is 0 Å². The Bertz CT molecular complexity index is 1310. The molecule has 6 nitrogen and oxygen atoms in total. The molecule has 1 atom stereocenters. The lowest BCUT2D eigenvalue weighted by atomic mass is 9.74. The minimum absolute atomic E-state index is 0.162. The zero-order chi connectivity index (χ0) is 22.4. The zero-order valence-electron chi connectivity index (χ0n) is 18.3. The van der Waals surface area contributed by atoms with Crippen LogP contribution in [-0.2, 0) is 9.59 Å². The molecule has 0 amide bonds. The van der Waals surface area contributed by atoms with E-state index in [-0.39, 0.29) is 11.7 Å². The van der Waals surface area contributed by atoms with Crippen molar-refractivity contribution in [3.05, 3.63) is 70.6 Å². The largest absolute Gasteiger partial charge is 0.493 e. The number of anilines is 1. The number of ether oxygens (including phenoxy) is 2. The van der Waals surface area contributed by atoms with Gasteiger partial charge in [0.05, 0.1) is 12.6 Å². The normalized spacial score (nSPS) is 17.5. The van der Waals surface area contributed by atoms with Crippen molar-refractivity contribution in [1.29, 1.82) is 0 Å². The second kappa shape index (κ2) is 7.79. The second-order valence-corrected chi connectivity index (χ2v) is 8.28. The number of methoxy groups -OCH3 is 1. The van der Waals surface area contributed by atoms with E-state index in [1.54, 1.807) is 13.2 Å². The molecule has 32 heavy (non-hydrogen) atoms. The molecule has 0 saturated carbocycles. The topological polar surface area (TPSA) is 77.5 Å². The average molecular weight is 428 g/mol. The number of benzene rings is 2. The Morgan fingerprint density at radius 2 is 1.94 bits per heavy atom. The number of Topliss-reactive ketones (excluding diaryl/α,β-unsaturated/α-hetero) is 1. The summed E-state index contributed by atoms with van der Waals surface area (Å²) in [5, 5.41) is 4.54. The van der Waals surface area contributed by atoms with E-state index in [1.165, 1.54) is 6.92 Å². The molecule has 6 heteroatoms. The minimum atomic E-state index is -0.414. The molecule has 5 rings (SSSR count). The predicted octanol–water partition coefficient (Wildman–Crippen LogP) is 5.04. The molecule has 2 aliphatic rings. The lowest BCUT2D eigenvalue weighted by Gasteiger charge is -2.35. The Kier molecular flexibility index (Phi) is 4.93. The summed E-state index contributed by atoms with van der Waals surface area (Å²) < 4.78 is 10.8. The number of hydrogen-bond acceptors (Lipinski definition) is 6. The number of aryl methyl sites for hydroxylation is 1. The number of aromatic nitrogens is 1. The van der Waals surface area contributed by atoms with Crippen molar-refractivity contribution in [2.75, 3.05) is 12.4 Å². The van der Waals surface area contributed by atoms with Crippen LogP contribution in [-0.4, -0.2) is 23.8 Å². The van der Waals surface area contributed by atoms with Gasteiger partial charge in [-0.2, -0.15) is 0 Å². The van der Waals surface area contributed by atoms with Gasteiger partial charge in [-0.25, -0.2) is 0 Å². The number of fused-ring (bicyclic) bond motifs is 3. The molecule has 2 aromatic carbocycles. The van der Waals surface area contributed by atoms with Crippen LogP contribution in [0.5, 0.6) is 11.5 Å². The van der Waals surface area contributed by atoms with E-state index in [9.17, 15) is 9.59 Å². The van der Waals surface area contributed by atoms with Crippen LogP contribution in [0.4, 0.5) is 5.69 Å². The van der Waals surface area contributed by atoms with Gasteiger partial charge in [-0.1, -0.05) is 12.1 Å². The minimum Gasteiger partial charge on any atom is -0.493 e. The van der Waals surface area contributed by atoms with E-state index >= 15 is 0 Å². The Morgan fingerprint density at radius 3 is 2.72 bits per heavy atom. The highest BCUT2D eigenvalue weighted by molar-refractivity contribution is 6.03. The van der Waals surface area contributed by atoms with E-state index in [2.05, 4.69) is 11.4 Å². The number of rotatable bonds is 3. The van der Waals surface area contributed by atoms with E-state index in [4.69, 9.17) is 14.5 Å². The Labute approximate surface area is 186 Å². The van der Waals surface area contributed by atoms with Gasteiger partial charge in [0.1, 0.15) is 0 Å². The van der Waals surface area contributed by atoms with E-state index in [0.29, 0.717) is 17.9 Å². The summed E-state index contributed by atoms with van der Waals surface area (Å²) in [6.45, 7) is 3.33. The lowest BCUT2D eigenvalue weighted by Crippen LogP contribution is -2.27. The lowest BCUT2D eigenvalue weighted by molar-refractivity contribution is -0.132. The van der Waals surface area contributed by atoms with Crippen molar-refractivity contribution >= 4 is 28.3 Å². The maximum atomic E-state index is 13.2. The fourth-order valence-electron chi connectivity index (χ4n) is 4.82. The number of nitrogens with one attached hydrogen (secondary N) is 1. The Balaban J connectivity index is 1.76. The van der Waals surface area contributed by atoms with E-state index in [0.717, 1.165) is 57.5 Å². The molecule has 1 aromatic heterocycles. The van der Waals surface area contributed by atoms with Crippen LogP contribution in [0.2, 0.25) is 0 Å². The summed E-state index contributed by atoms with van der Waals surface area (Å²) in [6, 6.07) is 13.7. The number of esters is 1. The third kappa shape index (κ3) is 3.32. The number of allylic oxidation sites excluding steroid dienone is 2.